The van der Waals surface area contributed by atoms with Crippen LogP contribution in [0.15, 0.2) is 54.6 Å². The maximum absolute atomic E-state index is 14.6. The van der Waals surface area contributed by atoms with E-state index in [1.807, 2.05) is 59.2 Å². The molecule has 41 heavy (non-hydrogen) atoms. The van der Waals surface area contributed by atoms with Crippen LogP contribution in [0, 0.1) is 11.8 Å². The fourth-order valence-electron chi connectivity index (χ4n) is 7.30. The van der Waals surface area contributed by atoms with E-state index < -0.39 is 28.7 Å². The normalized spacial score (nSPS) is 32.5. The molecular weight excluding hydrogens is 540 g/mol. The van der Waals surface area contributed by atoms with Crippen LogP contribution in [0.1, 0.15) is 24.9 Å². The Hall–Kier alpha value is -2.66. The number of carbonyl (C=O) groups is 3. The van der Waals surface area contributed by atoms with Crippen molar-refractivity contribution in [2.75, 3.05) is 65.6 Å². The molecule has 0 aliphatic carbocycles. The lowest BCUT2D eigenvalue weighted by molar-refractivity contribution is -0.147. The number of amides is 3. The summed E-state index contributed by atoms with van der Waals surface area (Å²) in [6.07, 6.45) is 9.02. The lowest BCUT2D eigenvalue weighted by Crippen LogP contribution is -2.55. The highest BCUT2D eigenvalue weighted by atomic mass is 32.2. The number of hydrogen-bond donors (Lipinski definition) is 1. The van der Waals surface area contributed by atoms with E-state index in [-0.39, 0.29) is 29.6 Å². The van der Waals surface area contributed by atoms with Crippen molar-refractivity contribution >= 4 is 29.5 Å². The van der Waals surface area contributed by atoms with E-state index in [1.165, 1.54) is 0 Å². The Balaban J connectivity index is 1.40. The minimum atomic E-state index is -0.894. The number of ether oxygens (including phenoxy) is 1. The van der Waals surface area contributed by atoms with Gasteiger partial charge < -0.3 is 24.5 Å². The fraction of sp³-hybridized carbons (Fsp3) is 0.581. The van der Waals surface area contributed by atoms with Gasteiger partial charge in [0.1, 0.15) is 6.04 Å². The molecule has 3 amide bonds. The van der Waals surface area contributed by atoms with Crippen LogP contribution in [0.5, 0.6) is 0 Å². The van der Waals surface area contributed by atoms with Gasteiger partial charge in [-0.15, -0.1) is 11.8 Å². The number of carbonyl (C=O) groups excluding carboxylic acids is 3. The molecule has 5 aliphatic rings. The molecule has 9 nitrogen and oxygen atoms in total. The summed E-state index contributed by atoms with van der Waals surface area (Å²) in [7, 11) is 0. The zero-order valence-corrected chi connectivity index (χ0v) is 24.5. The van der Waals surface area contributed by atoms with E-state index in [2.05, 4.69) is 17.1 Å². The third-order valence-electron chi connectivity index (χ3n) is 9.24. The minimum Gasteiger partial charge on any atom is -0.394 e. The molecular formula is C31H40N4O5S. The molecule has 5 aliphatic heterocycles. The second-order valence-corrected chi connectivity index (χ2v) is 13.0. The topological polar surface area (TPSA) is 93.6 Å². The van der Waals surface area contributed by atoms with Crippen molar-refractivity contribution in [2.24, 2.45) is 11.8 Å². The summed E-state index contributed by atoms with van der Waals surface area (Å²) in [5.41, 5.74) is 0.778. The summed E-state index contributed by atoms with van der Waals surface area (Å²) in [5.74, 6) is -1.59. The Bertz CT molecular complexity index is 1200. The average molecular weight is 581 g/mol. The summed E-state index contributed by atoms with van der Waals surface area (Å²) in [6, 6.07) is 7.93. The molecule has 220 valence electrons. The van der Waals surface area contributed by atoms with E-state index >= 15 is 0 Å². The largest absolute Gasteiger partial charge is 0.394 e. The van der Waals surface area contributed by atoms with Gasteiger partial charge in [0.25, 0.3) is 0 Å². The van der Waals surface area contributed by atoms with Crippen molar-refractivity contribution in [3.05, 3.63) is 60.2 Å². The molecule has 10 heteroatoms. The van der Waals surface area contributed by atoms with Gasteiger partial charge in [0.2, 0.25) is 17.7 Å². The quantitative estimate of drug-likeness (QED) is 0.467. The zero-order chi connectivity index (χ0) is 28.6. The standard InChI is InChI=1S/C31H40N4O5S/c1-2-12-33-13-6-10-24-25(28(33)37)26-29(38)35(23(21-36)22-8-4-3-5-9-22)27-30(39)34(14-7-11-31(26,27)41-24)16-15-32-17-19-40-20-18-32/h3-11,23-27,36H,2,12-21H2,1H3/t23-,24+,25-,26+,27?,31+/m1/s1. The van der Waals surface area contributed by atoms with E-state index in [0.717, 1.165) is 31.6 Å². The van der Waals surface area contributed by atoms with Crippen molar-refractivity contribution in [1.29, 1.82) is 0 Å². The SMILES string of the molecule is CCCN1CC=C[C@@H]2S[C@]34C=CCN(CCN5CCOCC5)C(=O)C3N([C@H](CO)c3ccccc3)C(=O)[C@@H]4[C@@H]2C1=O. The number of fused-ring (bicyclic) bond motifs is 2. The molecule has 1 unspecified atom stereocenters. The molecule has 6 rings (SSSR count). The smallest absolute Gasteiger partial charge is 0.247 e. The summed E-state index contributed by atoms with van der Waals surface area (Å²) in [5, 5.41) is 10.5. The average Bonchev–Trinajstić information content (AvgIpc) is 3.32. The van der Waals surface area contributed by atoms with Crippen LogP contribution in [0.3, 0.4) is 0 Å². The fourth-order valence-corrected chi connectivity index (χ4v) is 9.29. The Morgan fingerprint density at radius 3 is 2.44 bits per heavy atom. The zero-order valence-electron chi connectivity index (χ0n) is 23.6. The molecule has 0 radical (unpaired) electrons. The van der Waals surface area contributed by atoms with Gasteiger partial charge in [-0.2, -0.15) is 0 Å². The summed E-state index contributed by atoms with van der Waals surface area (Å²) < 4.78 is 4.59. The lowest BCUT2D eigenvalue weighted by Gasteiger charge is -2.39. The van der Waals surface area contributed by atoms with Crippen molar-refractivity contribution in [2.45, 2.75) is 35.4 Å². The first-order chi connectivity index (χ1) is 20.0. The maximum Gasteiger partial charge on any atom is 0.247 e. The molecule has 0 saturated carbocycles. The molecule has 3 saturated heterocycles. The lowest BCUT2D eigenvalue weighted by atomic mass is 9.78. The summed E-state index contributed by atoms with van der Waals surface area (Å²) in [6.45, 7) is 7.67. The number of likely N-dealkylation sites (tertiary alicyclic amines) is 1. The Labute approximate surface area is 246 Å². The first-order valence-electron chi connectivity index (χ1n) is 14.9. The highest BCUT2D eigenvalue weighted by molar-refractivity contribution is 8.02. The van der Waals surface area contributed by atoms with Gasteiger partial charge in [-0.05, 0) is 12.0 Å². The van der Waals surface area contributed by atoms with Crippen LogP contribution in [0.25, 0.3) is 0 Å². The summed E-state index contributed by atoms with van der Waals surface area (Å²) >= 11 is 1.59. The number of aliphatic hydroxyl groups is 1. The third-order valence-corrected chi connectivity index (χ3v) is 11.0. The third kappa shape index (κ3) is 4.92. The van der Waals surface area contributed by atoms with Crippen molar-refractivity contribution in [1.82, 2.24) is 19.6 Å². The van der Waals surface area contributed by atoms with Crippen LogP contribution in [0.4, 0.5) is 0 Å². The van der Waals surface area contributed by atoms with Crippen molar-refractivity contribution < 1.29 is 24.2 Å². The first-order valence-corrected chi connectivity index (χ1v) is 15.8. The van der Waals surface area contributed by atoms with Crippen molar-refractivity contribution in [3.63, 3.8) is 0 Å². The predicted molar refractivity (Wildman–Crippen MR) is 157 cm³/mol. The van der Waals surface area contributed by atoms with E-state index in [1.54, 1.807) is 16.7 Å². The predicted octanol–water partition coefficient (Wildman–Crippen LogP) is 1.56. The second-order valence-electron chi connectivity index (χ2n) is 11.5. The number of benzene rings is 1. The number of rotatable bonds is 8. The molecule has 0 bridgehead atoms. The van der Waals surface area contributed by atoms with Crippen LogP contribution >= 0.6 is 11.8 Å². The highest BCUT2D eigenvalue weighted by Gasteiger charge is 2.71. The van der Waals surface area contributed by atoms with Gasteiger partial charge in [0.05, 0.1) is 42.4 Å². The molecule has 0 aromatic heterocycles. The Kier molecular flexibility index (Phi) is 8.27. The van der Waals surface area contributed by atoms with E-state index in [0.29, 0.717) is 39.4 Å². The summed E-state index contributed by atoms with van der Waals surface area (Å²) in [4.78, 5) is 50.9. The molecule has 1 aromatic carbocycles. The van der Waals surface area contributed by atoms with Gasteiger partial charge in [-0.1, -0.05) is 61.6 Å². The van der Waals surface area contributed by atoms with Crippen LogP contribution in [0.2, 0.25) is 0 Å². The number of hydrogen-bond acceptors (Lipinski definition) is 7. The van der Waals surface area contributed by atoms with Gasteiger partial charge in [0, 0.05) is 51.1 Å². The maximum atomic E-state index is 14.6. The number of morpholine rings is 1. The van der Waals surface area contributed by atoms with Crippen LogP contribution in [-0.2, 0) is 19.1 Å². The van der Waals surface area contributed by atoms with Gasteiger partial charge in [-0.25, -0.2) is 0 Å². The monoisotopic (exact) mass is 580 g/mol. The van der Waals surface area contributed by atoms with E-state index in [4.69, 9.17) is 4.74 Å². The molecule has 1 aromatic rings. The van der Waals surface area contributed by atoms with Crippen LogP contribution in [-0.4, -0.2) is 124 Å². The van der Waals surface area contributed by atoms with Gasteiger partial charge in [-0.3, -0.25) is 19.3 Å². The minimum absolute atomic E-state index is 0.0142. The number of thioether (sulfide) groups is 1. The second kappa shape index (κ2) is 11.9. The van der Waals surface area contributed by atoms with Crippen molar-refractivity contribution in [3.8, 4) is 0 Å². The van der Waals surface area contributed by atoms with Crippen LogP contribution < -0.4 is 0 Å². The molecule has 1 spiro atoms. The Morgan fingerprint density at radius 1 is 0.976 bits per heavy atom. The molecule has 5 heterocycles. The van der Waals surface area contributed by atoms with Gasteiger partial charge >= 0.3 is 0 Å². The molecule has 6 atom stereocenters. The first kappa shape index (κ1) is 28.5. The molecule has 3 fully saturated rings. The number of nitrogens with zero attached hydrogens (tertiary/aromatic N) is 4. The molecule has 1 N–H and O–H groups in total. The van der Waals surface area contributed by atoms with Gasteiger partial charge in [0.15, 0.2) is 0 Å². The number of aliphatic hydroxyl groups excluding tert-OH is 1. The highest BCUT2D eigenvalue weighted by Crippen LogP contribution is 2.62. The van der Waals surface area contributed by atoms with E-state index in [9.17, 15) is 19.5 Å². The Morgan fingerprint density at radius 2 is 1.71 bits per heavy atom.